The quantitative estimate of drug-likeness (QED) is 0.525. The highest BCUT2D eigenvalue weighted by atomic mass is 19.1. The number of halogens is 1. The van der Waals surface area contributed by atoms with E-state index in [1.165, 1.54) is 12.1 Å². The number of anilines is 2. The summed E-state index contributed by atoms with van der Waals surface area (Å²) in [4.78, 5) is 26.5. The van der Waals surface area contributed by atoms with E-state index >= 15 is 0 Å². The van der Waals surface area contributed by atoms with Crippen molar-refractivity contribution in [2.24, 2.45) is 17.8 Å². The van der Waals surface area contributed by atoms with Crippen molar-refractivity contribution in [1.82, 2.24) is 0 Å². The van der Waals surface area contributed by atoms with Gasteiger partial charge in [-0.3, -0.25) is 9.59 Å². The lowest BCUT2D eigenvalue weighted by Gasteiger charge is -2.31. The Kier molecular flexibility index (Phi) is 7.54. The normalized spacial score (nSPS) is 17.5. The average molecular weight is 441 g/mol. The van der Waals surface area contributed by atoms with Gasteiger partial charge >= 0.3 is 5.97 Å². The maximum Gasteiger partial charge on any atom is 0.307 e. The molecule has 172 valence electrons. The molecule has 1 aliphatic rings. The Balaban J connectivity index is 1.88. The molecule has 0 aromatic heterocycles. The van der Waals surface area contributed by atoms with Crippen molar-refractivity contribution in [2.45, 2.75) is 46.5 Å². The maximum absolute atomic E-state index is 13.2. The summed E-state index contributed by atoms with van der Waals surface area (Å²) in [5.74, 6) is -0.785. The van der Waals surface area contributed by atoms with Crippen LogP contribution in [0.4, 0.5) is 15.8 Å². The third kappa shape index (κ3) is 6.31. The van der Waals surface area contributed by atoms with Gasteiger partial charge in [-0.05, 0) is 59.6 Å². The Morgan fingerprint density at radius 1 is 1.06 bits per heavy atom. The first kappa shape index (κ1) is 23.8. The van der Waals surface area contributed by atoms with E-state index in [2.05, 4.69) is 37.9 Å². The van der Waals surface area contributed by atoms with E-state index in [1.54, 1.807) is 12.1 Å². The van der Waals surface area contributed by atoms with Crippen molar-refractivity contribution in [3.63, 3.8) is 0 Å². The van der Waals surface area contributed by atoms with E-state index in [0.717, 1.165) is 29.9 Å². The largest absolute Gasteiger partial charge is 0.481 e. The van der Waals surface area contributed by atoms with Crippen molar-refractivity contribution in [1.29, 1.82) is 0 Å². The lowest BCUT2D eigenvalue weighted by molar-refractivity contribution is -0.138. The zero-order valence-corrected chi connectivity index (χ0v) is 19.3. The lowest BCUT2D eigenvalue weighted by Crippen LogP contribution is -2.32. The number of carbonyl (C=O) groups excluding carboxylic acids is 1. The van der Waals surface area contributed by atoms with Gasteiger partial charge in [-0.1, -0.05) is 45.9 Å². The van der Waals surface area contributed by atoms with Gasteiger partial charge in [-0.15, -0.1) is 0 Å². The summed E-state index contributed by atoms with van der Waals surface area (Å²) in [6, 6.07) is 11.8. The molecule has 5 nitrogen and oxygen atoms in total. The third-order valence-corrected chi connectivity index (χ3v) is 5.62. The number of benzene rings is 2. The van der Waals surface area contributed by atoms with Crippen molar-refractivity contribution in [2.75, 3.05) is 23.3 Å². The molecular weight excluding hydrogens is 407 g/mol. The Labute approximate surface area is 189 Å². The van der Waals surface area contributed by atoms with Gasteiger partial charge in [0.1, 0.15) is 5.82 Å². The van der Waals surface area contributed by atoms with Crippen molar-refractivity contribution < 1.29 is 19.1 Å². The first-order valence-corrected chi connectivity index (χ1v) is 11.3. The van der Waals surface area contributed by atoms with Crippen LogP contribution in [0.1, 0.15) is 51.2 Å². The number of hydrogen-bond acceptors (Lipinski definition) is 3. The van der Waals surface area contributed by atoms with Gasteiger partial charge in [0, 0.05) is 13.1 Å². The molecular formula is C26H33FN2O3. The fourth-order valence-corrected chi connectivity index (χ4v) is 4.13. The Bertz CT molecular complexity index is 946. The van der Waals surface area contributed by atoms with Gasteiger partial charge in [0.05, 0.1) is 23.7 Å². The minimum Gasteiger partial charge on any atom is -0.481 e. The molecule has 0 unspecified atom stereocenters. The van der Waals surface area contributed by atoms with E-state index in [0.29, 0.717) is 23.9 Å². The molecule has 0 spiro atoms. The summed E-state index contributed by atoms with van der Waals surface area (Å²) in [6.45, 7) is 10.3. The van der Waals surface area contributed by atoms with Gasteiger partial charge in [0.15, 0.2) is 0 Å². The number of aliphatic carboxylic acids is 1. The lowest BCUT2D eigenvalue weighted by atomic mass is 10.0. The topological polar surface area (TPSA) is 69.6 Å². The van der Waals surface area contributed by atoms with Crippen LogP contribution in [0.25, 0.3) is 0 Å². The van der Waals surface area contributed by atoms with E-state index in [1.807, 2.05) is 18.2 Å². The van der Waals surface area contributed by atoms with Crippen LogP contribution in [0, 0.1) is 23.6 Å². The molecule has 0 heterocycles. The zero-order valence-electron chi connectivity index (χ0n) is 19.3. The summed E-state index contributed by atoms with van der Waals surface area (Å²) < 4.78 is 13.2. The summed E-state index contributed by atoms with van der Waals surface area (Å²) in [7, 11) is 0. The van der Waals surface area contributed by atoms with Crippen molar-refractivity contribution >= 4 is 23.3 Å². The highest BCUT2D eigenvalue weighted by molar-refractivity contribution is 5.96. The first-order chi connectivity index (χ1) is 15.1. The van der Waals surface area contributed by atoms with E-state index < -0.39 is 5.97 Å². The second-order valence-corrected chi connectivity index (χ2v) is 9.61. The molecule has 3 rings (SSSR count). The summed E-state index contributed by atoms with van der Waals surface area (Å²) in [5.41, 5.74) is 3.31. The number of carboxylic acid groups (broad SMARTS) is 1. The summed E-state index contributed by atoms with van der Waals surface area (Å²) in [6.07, 6.45) is 0.763. The van der Waals surface area contributed by atoms with Crippen LogP contribution in [0.15, 0.2) is 42.5 Å². The van der Waals surface area contributed by atoms with Gasteiger partial charge in [-0.25, -0.2) is 4.39 Å². The molecule has 32 heavy (non-hydrogen) atoms. The molecule has 2 aromatic rings. The second kappa shape index (κ2) is 10.2. The van der Waals surface area contributed by atoms with Gasteiger partial charge in [-0.2, -0.15) is 0 Å². The molecule has 1 saturated carbocycles. The Hall–Kier alpha value is -2.89. The highest BCUT2D eigenvalue weighted by Gasteiger charge is 2.44. The Morgan fingerprint density at radius 3 is 2.22 bits per heavy atom. The molecule has 0 bridgehead atoms. The fourth-order valence-electron chi connectivity index (χ4n) is 4.13. The third-order valence-electron chi connectivity index (χ3n) is 5.62. The van der Waals surface area contributed by atoms with Crippen LogP contribution in [0.3, 0.4) is 0 Å². The number of rotatable bonds is 10. The maximum atomic E-state index is 13.2. The predicted octanol–water partition coefficient (Wildman–Crippen LogP) is 5.31. The summed E-state index contributed by atoms with van der Waals surface area (Å²) >= 11 is 0. The molecule has 0 radical (unpaired) electrons. The molecule has 1 amide bonds. The number of amides is 1. The van der Waals surface area contributed by atoms with Crippen molar-refractivity contribution in [3.05, 3.63) is 59.4 Å². The standard InChI is InChI=1S/C26H33FN2O3/c1-16(2)14-29(15-17(3)4)24-10-7-19(21-13-22(21)26(31)32)12-23(24)28-25(30)11-18-5-8-20(27)9-6-18/h5-10,12,16-17,21-22H,11,13-15H2,1-4H3,(H,28,30)(H,31,32)/t21-,22-/m1/s1. The van der Waals surface area contributed by atoms with Crippen LogP contribution < -0.4 is 10.2 Å². The number of nitrogens with zero attached hydrogens (tertiary/aromatic N) is 1. The number of carboxylic acids is 1. The van der Waals surface area contributed by atoms with Crippen LogP contribution in [0.5, 0.6) is 0 Å². The second-order valence-electron chi connectivity index (χ2n) is 9.61. The van der Waals surface area contributed by atoms with Crippen LogP contribution in [-0.2, 0) is 16.0 Å². The molecule has 2 atom stereocenters. The molecule has 6 heteroatoms. The van der Waals surface area contributed by atoms with Crippen LogP contribution in [0.2, 0.25) is 0 Å². The highest BCUT2D eigenvalue weighted by Crippen LogP contribution is 2.49. The molecule has 2 aromatic carbocycles. The van der Waals surface area contributed by atoms with Crippen LogP contribution >= 0.6 is 0 Å². The Morgan fingerprint density at radius 2 is 1.69 bits per heavy atom. The average Bonchev–Trinajstić information content (AvgIpc) is 3.50. The fraction of sp³-hybridized carbons (Fsp3) is 0.462. The predicted molar refractivity (Wildman–Crippen MR) is 126 cm³/mol. The number of hydrogen-bond donors (Lipinski definition) is 2. The first-order valence-electron chi connectivity index (χ1n) is 11.3. The molecule has 0 saturated heterocycles. The zero-order chi connectivity index (χ0) is 23.4. The SMILES string of the molecule is CC(C)CN(CC(C)C)c1ccc([C@H]2C[C@H]2C(=O)O)cc1NC(=O)Cc1ccc(F)cc1. The van der Waals surface area contributed by atoms with Gasteiger partial charge in [0.2, 0.25) is 5.91 Å². The van der Waals surface area contributed by atoms with Crippen LogP contribution in [-0.4, -0.2) is 30.1 Å². The number of nitrogens with one attached hydrogen (secondary N) is 1. The van der Waals surface area contributed by atoms with Gasteiger partial charge < -0.3 is 15.3 Å². The monoisotopic (exact) mass is 440 g/mol. The smallest absolute Gasteiger partial charge is 0.307 e. The minimum absolute atomic E-state index is 0.0158. The molecule has 1 aliphatic carbocycles. The van der Waals surface area contributed by atoms with E-state index in [9.17, 15) is 19.1 Å². The number of carbonyl (C=O) groups is 2. The van der Waals surface area contributed by atoms with Gasteiger partial charge in [0.25, 0.3) is 0 Å². The molecule has 0 aliphatic heterocycles. The summed E-state index contributed by atoms with van der Waals surface area (Å²) in [5, 5.41) is 12.4. The van der Waals surface area contributed by atoms with E-state index in [4.69, 9.17) is 0 Å². The minimum atomic E-state index is -0.776. The molecule has 2 N–H and O–H groups in total. The molecule has 1 fully saturated rings. The van der Waals surface area contributed by atoms with Crippen molar-refractivity contribution in [3.8, 4) is 0 Å². The van der Waals surface area contributed by atoms with E-state index in [-0.39, 0.29) is 30.0 Å².